The van der Waals surface area contributed by atoms with Gasteiger partial charge in [0.05, 0.1) is 30.2 Å². The van der Waals surface area contributed by atoms with E-state index in [1.807, 2.05) is 0 Å². The average molecular weight is 485 g/mol. The minimum absolute atomic E-state index is 0.0188. The Morgan fingerprint density at radius 1 is 1.14 bits per heavy atom. The Balaban J connectivity index is 1.35. The molecule has 0 N–H and O–H groups in total. The number of alkyl halides is 1. The van der Waals surface area contributed by atoms with Crippen molar-refractivity contribution in [1.82, 2.24) is 24.8 Å². The smallest absolute Gasteiger partial charge is 0.219 e. The Labute approximate surface area is 203 Å². The van der Waals surface area contributed by atoms with Crippen LogP contribution < -0.4 is 4.90 Å². The maximum Gasteiger partial charge on any atom is 0.219 e. The van der Waals surface area contributed by atoms with Crippen LogP contribution in [0.3, 0.4) is 0 Å². The third-order valence-corrected chi connectivity index (χ3v) is 7.10. The SMILES string of the molecule is CC(=O)N1CCc2nc(N3CCC(OC4CC(C)[C@@H](F)C=C4F)CC3)c(-c3cnccn3)nc2C1. The maximum atomic E-state index is 14.3. The number of fused-ring (bicyclic) bond motifs is 1. The summed E-state index contributed by atoms with van der Waals surface area (Å²) in [6, 6.07) is 0. The van der Waals surface area contributed by atoms with E-state index in [-0.39, 0.29) is 17.9 Å². The van der Waals surface area contributed by atoms with Gasteiger partial charge in [-0.1, -0.05) is 6.92 Å². The van der Waals surface area contributed by atoms with Crippen LogP contribution in [0, 0.1) is 5.92 Å². The zero-order valence-corrected chi connectivity index (χ0v) is 20.0. The zero-order valence-electron chi connectivity index (χ0n) is 20.0. The van der Waals surface area contributed by atoms with Gasteiger partial charge in [0.15, 0.2) is 5.82 Å². The molecule has 0 aromatic carbocycles. The van der Waals surface area contributed by atoms with Crippen LogP contribution in [0.25, 0.3) is 11.4 Å². The molecule has 4 heterocycles. The number of amides is 1. The van der Waals surface area contributed by atoms with Gasteiger partial charge in [0.1, 0.15) is 29.5 Å². The average Bonchev–Trinajstić information content (AvgIpc) is 2.87. The summed E-state index contributed by atoms with van der Waals surface area (Å²) in [5, 5.41) is 0. The van der Waals surface area contributed by atoms with Crippen molar-refractivity contribution in [2.45, 2.75) is 64.5 Å². The van der Waals surface area contributed by atoms with E-state index in [1.165, 1.54) is 0 Å². The highest BCUT2D eigenvalue weighted by Crippen LogP contribution is 2.34. The summed E-state index contributed by atoms with van der Waals surface area (Å²) in [5.74, 6) is 0.0175. The number of halogens is 2. The van der Waals surface area contributed by atoms with E-state index in [0.717, 1.165) is 23.3 Å². The number of ether oxygens (including phenoxy) is 1. The lowest BCUT2D eigenvalue weighted by Gasteiger charge is -2.37. The van der Waals surface area contributed by atoms with Crippen molar-refractivity contribution in [3.05, 3.63) is 41.9 Å². The fraction of sp³-hybridized carbons (Fsp3) is 0.560. The lowest BCUT2D eigenvalue weighted by atomic mass is 9.91. The van der Waals surface area contributed by atoms with Crippen molar-refractivity contribution < 1.29 is 18.3 Å². The summed E-state index contributed by atoms with van der Waals surface area (Å²) in [5.41, 5.74) is 2.95. The van der Waals surface area contributed by atoms with Crippen LogP contribution in [0.2, 0.25) is 0 Å². The van der Waals surface area contributed by atoms with Crippen LogP contribution in [0.1, 0.15) is 44.5 Å². The van der Waals surface area contributed by atoms with Crippen LogP contribution in [-0.2, 0) is 22.5 Å². The normalized spacial score (nSPS) is 25.3. The highest BCUT2D eigenvalue weighted by molar-refractivity contribution is 5.74. The van der Waals surface area contributed by atoms with E-state index in [4.69, 9.17) is 14.7 Å². The molecule has 0 saturated carbocycles. The summed E-state index contributed by atoms with van der Waals surface area (Å²) in [7, 11) is 0. The van der Waals surface area contributed by atoms with Crippen LogP contribution in [0.15, 0.2) is 30.5 Å². The quantitative estimate of drug-likeness (QED) is 0.658. The van der Waals surface area contributed by atoms with Gasteiger partial charge in [0.25, 0.3) is 0 Å². The van der Waals surface area contributed by atoms with Crippen molar-refractivity contribution in [2.75, 3.05) is 24.5 Å². The van der Waals surface area contributed by atoms with E-state index in [1.54, 1.807) is 37.3 Å². The number of nitrogens with zero attached hydrogens (tertiary/aromatic N) is 6. The summed E-state index contributed by atoms with van der Waals surface area (Å²) in [4.78, 5) is 34.4. The van der Waals surface area contributed by atoms with E-state index in [0.29, 0.717) is 63.3 Å². The number of hydrogen-bond acceptors (Lipinski definition) is 7. The number of allylic oxidation sites excluding steroid dienone is 1. The lowest BCUT2D eigenvalue weighted by Crippen LogP contribution is -2.41. The van der Waals surface area contributed by atoms with Crippen LogP contribution >= 0.6 is 0 Å². The monoisotopic (exact) mass is 484 g/mol. The molecular formula is C25H30F2N6O2. The first-order chi connectivity index (χ1) is 16.9. The third-order valence-electron chi connectivity index (χ3n) is 7.10. The predicted molar refractivity (Wildman–Crippen MR) is 126 cm³/mol. The molecule has 0 bridgehead atoms. The molecule has 35 heavy (non-hydrogen) atoms. The number of hydrogen-bond donors (Lipinski definition) is 0. The number of carbonyl (C=O) groups excluding carboxylic acids is 1. The fourth-order valence-corrected chi connectivity index (χ4v) is 4.97. The molecule has 10 heteroatoms. The molecule has 1 amide bonds. The Morgan fingerprint density at radius 2 is 1.94 bits per heavy atom. The molecule has 1 aliphatic carbocycles. The van der Waals surface area contributed by atoms with E-state index >= 15 is 0 Å². The Bertz CT molecular complexity index is 1110. The molecule has 1 fully saturated rings. The summed E-state index contributed by atoms with van der Waals surface area (Å²) < 4.78 is 34.1. The Morgan fingerprint density at radius 3 is 2.66 bits per heavy atom. The van der Waals surface area contributed by atoms with Crippen LogP contribution in [0.5, 0.6) is 0 Å². The van der Waals surface area contributed by atoms with Crippen molar-refractivity contribution in [3.63, 3.8) is 0 Å². The first kappa shape index (κ1) is 23.7. The summed E-state index contributed by atoms with van der Waals surface area (Å²) in [6.45, 7) is 5.74. The number of aromatic nitrogens is 4. The molecule has 1 saturated heterocycles. The largest absolute Gasteiger partial charge is 0.368 e. The van der Waals surface area contributed by atoms with E-state index in [9.17, 15) is 13.6 Å². The van der Waals surface area contributed by atoms with Gasteiger partial charge in [-0.05, 0) is 31.3 Å². The van der Waals surface area contributed by atoms with Crippen molar-refractivity contribution in [1.29, 1.82) is 0 Å². The van der Waals surface area contributed by atoms with Crippen LogP contribution in [-0.4, -0.2) is 68.8 Å². The van der Waals surface area contributed by atoms with E-state index < -0.39 is 18.1 Å². The Hall–Kier alpha value is -3.01. The molecule has 3 atom stereocenters. The van der Waals surface area contributed by atoms with Crippen molar-refractivity contribution >= 4 is 11.7 Å². The van der Waals surface area contributed by atoms with Gasteiger partial charge in [-0.3, -0.25) is 14.8 Å². The zero-order chi connectivity index (χ0) is 24.5. The number of anilines is 1. The molecular weight excluding hydrogens is 454 g/mol. The molecule has 0 radical (unpaired) electrons. The van der Waals surface area contributed by atoms with Gasteiger partial charge < -0.3 is 14.5 Å². The van der Waals surface area contributed by atoms with Crippen molar-refractivity contribution in [3.8, 4) is 11.4 Å². The number of rotatable bonds is 4. The lowest BCUT2D eigenvalue weighted by molar-refractivity contribution is -0.129. The molecule has 2 aliphatic heterocycles. The standard InChI is InChI=1S/C25H30F2N6O2/c1-15-11-23(19(27)12-18(15)26)35-17-3-8-32(9-4-17)25-24(21-13-28-6-7-29-21)30-22-14-33(16(2)34)10-5-20(22)31-25/h6-7,12-13,15,17-18,23H,3-5,8-11,14H2,1-2H3/t15?,18-,23?/m0/s1. The van der Waals surface area contributed by atoms with E-state index in [2.05, 4.69) is 14.9 Å². The topological polar surface area (TPSA) is 84.3 Å². The van der Waals surface area contributed by atoms with Gasteiger partial charge >= 0.3 is 0 Å². The summed E-state index contributed by atoms with van der Waals surface area (Å²) in [6.07, 6.45) is 6.34. The van der Waals surface area contributed by atoms with Gasteiger partial charge in [-0.25, -0.2) is 18.7 Å². The van der Waals surface area contributed by atoms with Gasteiger partial charge in [-0.15, -0.1) is 0 Å². The highest BCUT2D eigenvalue weighted by Gasteiger charge is 2.33. The first-order valence-electron chi connectivity index (χ1n) is 12.2. The Kier molecular flexibility index (Phi) is 6.73. The minimum Gasteiger partial charge on any atom is -0.368 e. The van der Waals surface area contributed by atoms with Crippen molar-refractivity contribution in [2.24, 2.45) is 5.92 Å². The molecule has 2 unspecified atom stereocenters. The van der Waals surface area contributed by atoms with Crippen LogP contribution in [0.4, 0.5) is 14.6 Å². The second-order valence-electron chi connectivity index (χ2n) is 9.59. The highest BCUT2D eigenvalue weighted by atomic mass is 19.1. The number of piperidine rings is 1. The second kappa shape index (κ2) is 9.93. The predicted octanol–water partition coefficient (Wildman–Crippen LogP) is 3.42. The molecule has 3 aliphatic rings. The fourth-order valence-electron chi connectivity index (χ4n) is 4.97. The molecule has 8 nitrogen and oxygen atoms in total. The molecule has 186 valence electrons. The molecule has 5 rings (SSSR count). The maximum absolute atomic E-state index is 14.3. The molecule has 2 aromatic heterocycles. The van der Waals surface area contributed by atoms with Gasteiger partial charge in [0.2, 0.25) is 5.91 Å². The molecule has 2 aromatic rings. The van der Waals surface area contributed by atoms with Gasteiger partial charge in [-0.2, -0.15) is 0 Å². The third kappa shape index (κ3) is 5.03. The summed E-state index contributed by atoms with van der Waals surface area (Å²) >= 11 is 0. The molecule has 0 spiro atoms. The first-order valence-corrected chi connectivity index (χ1v) is 12.2. The second-order valence-corrected chi connectivity index (χ2v) is 9.59. The number of carbonyl (C=O) groups is 1. The minimum atomic E-state index is -1.25. The van der Waals surface area contributed by atoms with Gasteiger partial charge in [0, 0.05) is 45.4 Å².